The lowest BCUT2D eigenvalue weighted by Gasteiger charge is -2.32. The Labute approximate surface area is 122 Å². The molecule has 0 spiro atoms. The smallest absolute Gasteiger partial charge is 0.254 e. The molecule has 1 amide bonds. The second kappa shape index (κ2) is 7.59. The Hall–Kier alpha value is -0.960. The van der Waals surface area contributed by atoms with E-state index in [0.29, 0.717) is 12.0 Å². The molecule has 1 rings (SSSR count). The quantitative estimate of drug-likeness (QED) is 0.771. The van der Waals surface area contributed by atoms with E-state index in [-0.39, 0.29) is 5.91 Å². The number of rotatable bonds is 6. The molecule has 1 aromatic carbocycles. The Morgan fingerprint density at radius 3 is 2.37 bits per heavy atom. The van der Waals surface area contributed by atoms with Crippen LogP contribution < -0.4 is 0 Å². The highest BCUT2D eigenvalue weighted by Gasteiger charge is 2.23. The fraction of sp³-hybridized carbons (Fsp3) is 0.562. The Balaban J connectivity index is 2.99. The zero-order valence-electron chi connectivity index (χ0n) is 12.4. The van der Waals surface area contributed by atoms with Crippen molar-refractivity contribution >= 4 is 18.5 Å². The average molecular weight is 279 g/mol. The minimum atomic E-state index is 0.123. The first kappa shape index (κ1) is 16.1. The van der Waals surface area contributed by atoms with Crippen molar-refractivity contribution in [3.63, 3.8) is 0 Å². The lowest BCUT2D eigenvalue weighted by Crippen LogP contribution is -2.42. The topological polar surface area (TPSA) is 20.3 Å². The van der Waals surface area contributed by atoms with Gasteiger partial charge in [-0.05, 0) is 37.0 Å². The summed E-state index contributed by atoms with van der Waals surface area (Å²) < 4.78 is 0. The van der Waals surface area contributed by atoms with Crippen LogP contribution in [-0.4, -0.2) is 23.4 Å². The highest BCUT2D eigenvalue weighted by atomic mass is 32.1. The monoisotopic (exact) mass is 279 g/mol. The number of carbonyl (C=O) groups excluding carboxylic acids is 1. The molecule has 0 unspecified atom stereocenters. The summed E-state index contributed by atoms with van der Waals surface area (Å²) in [5, 5.41) is 0. The molecule has 0 atom stereocenters. The number of nitrogens with zero attached hydrogens (tertiary/aromatic N) is 1. The molecule has 0 radical (unpaired) electrons. The molecule has 0 N–H and O–H groups in total. The van der Waals surface area contributed by atoms with Gasteiger partial charge in [-0.25, -0.2) is 0 Å². The first-order valence-electron chi connectivity index (χ1n) is 7.09. The Kier molecular flexibility index (Phi) is 6.43. The molecular weight excluding hydrogens is 254 g/mol. The minimum Gasteiger partial charge on any atom is -0.335 e. The lowest BCUT2D eigenvalue weighted by molar-refractivity contribution is 0.0640. The number of carbonyl (C=O) groups is 1. The number of hydrogen-bond acceptors (Lipinski definition) is 2. The van der Waals surface area contributed by atoms with Crippen molar-refractivity contribution in [2.75, 3.05) is 6.54 Å². The maximum absolute atomic E-state index is 12.7. The van der Waals surface area contributed by atoms with E-state index in [2.05, 4.69) is 40.3 Å². The van der Waals surface area contributed by atoms with Gasteiger partial charge in [0.25, 0.3) is 5.91 Å². The SMILES string of the molecule is CCC(CC)N(CC(C)C)C(=O)c1cccc(S)c1. The Morgan fingerprint density at radius 2 is 1.89 bits per heavy atom. The summed E-state index contributed by atoms with van der Waals surface area (Å²) in [6.45, 7) is 9.39. The van der Waals surface area contributed by atoms with E-state index >= 15 is 0 Å². The molecule has 0 aliphatic heterocycles. The van der Waals surface area contributed by atoms with Gasteiger partial charge in [0.2, 0.25) is 0 Å². The molecule has 0 heterocycles. The van der Waals surface area contributed by atoms with Crippen LogP contribution in [0.5, 0.6) is 0 Å². The standard InChI is InChI=1S/C16H25NOS/c1-5-14(6-2)17(11-12(3)4)16(18)13-8-7-9-15(19)10-13/h7-10,12,14,19H,5-6,11H2,1-4H3. The van der Waals surface area contributed by atoms with Gasteiger partial charge in [-0.2, -0.15) is 0 Å². The van der Waals surface area contributed by atoms with Gasteiger partial charge in [-0.1, -0.05) is 33.8 Å². The van der Waals surface area contributed by atoms with Gasteiger partial charge in [0.1, 0.15) is 0 Å². The van der Waals surface area contributed by atoms with Crippen LogP contribution in [0.2, 0.25) is 0 Å². The first-order valence-corrected chi connectivity index (χ1v) is 7.54. The van der Waals surface area contributed by atoms with Gasteiger partial charge in [-0.15, -0.1) is 12.6 Å². The number of benzene rings is 1. The molecular formula is C16H25NOS. The van der Waals surface area contributed by atoms with Crippen LogP contribution in [0.1, 0.15) is 50.9 Å². The predicted molar refractivity (Wildman–Crippen MR) is 83.9 cm³/mol. The fourth-order valence-electron chi connectivity index (χ4n) is 2.33. The largest absolute Gasteiger partial charge is 0.335 e. The summed E-state index contributed by atoms with van der Waals surface area (Å²) in [6.07, 6.45) is 1.99. The fourth-order valence-corrected chi connectivity index (χ4v) is 2.55. The van der Waals surface area contributed by atoms with Crippen LogP contribution in [0.25, 0.3) is 0 Å². The predicted octanol–water partition coefficient (Wildman–Crippen LogP) is 4.26. The molecule has 0 aliphatic carbocycles. The third-order valence-corrected chi connectivity index (χ3v) is 3.58. The van der Waals surface area contributed by atoms with Gasteiger partial charge < -0.3 is 4.90 Å². The number of amides is 1. The van der Waals surface area contributed by atoms with Crippen molar-refractivity contribution in [3.05, 3.63) is 29.8 Å². The van der Waals surface area contributed by atoms with Crippen molar-refractivity contribution in [2.45, 2.75) is 51.5 Å². The van der Waals surface area contributed by atoms with Crippen LogP contribution in [-0.2, 0) is 0 Å². The van der Waals surface area contributed by atoms with Crippen LogP contribution in [0, 0.1) is 5.92 Å². The summed E-state index contributed by atoms with van der Waals surface area (Å²) in [5.74, 6) is 0.599. The summed E-state index contributed by atoms with van der Waals surface area (Å²) in [4.78, 5) is 15.5. The van der Waals surface area contributed by atoms with Gasteiger partial charge in [0.05, 0.1) is 0 Å². The maximum Gasteiger partial charge on any atom is 0.254 e. The molecule has 19 heavy (non-hydrogen) atoms. The van der Waals surface area contributed by atoms with E-state index in [1.54, 1.807) is 0 Å². The zero-order chi connectivity index (χ0) is 14.4. The van der Waals surface area contributed by atoms with Crippen molar-refractivity contribution < 1.29 is 4.79 Å². The highest BCUT2D eigenvalue weighted by molar-refractivity contribution is 7.80. The van der Waals surface area contributed by atoms with E-state index in [4.69, 9.17) is 0 Å². The number of thiol groups is 1. The van der Waals surface area contributed by atoms with Gasteiger partial charge in [0.15, 0.2) is 0 Å². The lowest BCUT2D eigenvalue weighted by atomic mass is 10.1. The summed E-state index contributed by atoms with van der Waals surface area (Å²) >= 11 is 4.31. The van der Waals surface area contributed by atoms with E-state index in [1.807, 2.05) is 29.2 Å². The molecule has 3 heteroatoms. The van der Waals surface area contributed by atoms with Gasteiger partial charge >= 0.3 is 0 Å². The van der Waals surface area contributed by atoms with E-state index in [0.717, 1.165) is 29.8 Å². The van der Waals surface area contributed by atoms with Gasteiger partial charge in [0, 0.05) is 23.0 Å². The van der Waals surface area contributed by atoms with Crippen molar-refractivity contribution in [1.82, 2.24) is 4.90 Å². The molecule has 2 nitrogen and oxygen atoms in total. The Bertz CT molecular complexity index is 413. The molecule has 0 saturated carbocycles. The summed E-state index contributed by atoms with van der Waals surface area (Å²) in [5.41, 5.74) is 0.736. The van der Waals surface area contributed by atoms with E-state index in [9.17, 15) is 4.79 Å². The van der Waals surface area contributed by atoms with Gasteiger partial charge in [-0.3, -0.25) is 4.79 Å². The molecule has 0 aromatic heterocycles. The third-order valence-electron chi connectivity index (χ3n) is 3.30. The Morgan fingerprint density at radius 1 is 1.26 bits per heavy atom. The minimum absolute atomic E-state index is 0.123. The maximum atomic E-state index is 12.7. The van der Waals surface area contributed by atoms with Crippen molar-refractivity contribution in [1.29, 1.82) is 0 Å². The zero-order valence-corrected chi connectivity index (χ0v) is 13.3. The molecule has 1 aromatic rings. The molecule has 0 fully saturated rings. The van der Waals surface area contributed by atoms with Crippen molar-refractivity contribution in [3.8, 4) is 0 Å². The second-order valence-electron chi connectivity index (χ2n) is 5.37. The van der Waals surface area contributed by atoms with Crippen LogP contribution in [0.15, 0.2) is 29.2 Å². The second-order valence-corrected chi connectivity index (χ2v) is 5.89. The van der Waals surface area contributed by atoms with E-state index < -0.39 is 0 Å². The summed E-state index contributed by atoms with van der Waals surface area (Å²) in [6, 6.07) is 7.82. The molecule has 0 aliphatic rings. The summed E-state index contributed by atoms with van der Waals surface area (Å²) in [7, 11) is 0. The normalized spacial score (nSPS) is 11.1. The highest BCUT2D eigenvalue weighted by Crippen LogP contribution is 2.17. The number of hydrogen-bond donors (Lipinski definition) is 1. The average Bonchev–Trinajstić information content (AvgIpc) is 2.37. The third kappa shape index (κ3) is 4.57. The van der Waals surface area contributed by atoms with Crippen LogP contribution in [0.3, 0.4) is 0 Å². The van der Waals surface area contributed by atoms with Crippen molar-refractivity contribution in [2.24, 2.45) is 5.92 Å². The molecule has 0 saturated heterocycles. The molecule has 106 valence electrons. The molecule has 0 bridgehead atoms. The van der Waals surface area contributed by atoms with E-state index in [1.165, 1.54) is 0 Å². The van der Waals surface area contributed by atoms with Crippen LogP contribution >= 0.6 is 12.6 Å². The first-order chi connectivity index (χ1) is 8.99. The van der Waals surface area contributed by atoms with Crippen LogP contribution in [0.4, 0.5) is 0 Å².